The third-order valence-corrected chi connectivity index (χ3v) is 4.83. The first-order chi connectivity index (χ1) is 12.1. The molecule has 0 bridgehead atoms. The SMILES string of the molecule is COc1ccc(S(=O)(=O)C(F)F)cc1NC(=O)Nc1ccc(F)c(Cl)c1. The van der Waals surface area contributed by atoms with Gasteiger partial charge in [-0.15, -0.1) is 0 Å². The molecule has 0 saturated carbocycles. The maximum atomic E-state index is 13.1. The topological polar surface area (TPSA) is 84.5 Å². The number of sulfone groups is 1. The van der Waals surface area contributed by atoms with Crippen molar-refractivity contribution in [3.63, 3.8) is 0 Å². The minimum atomic E-state index is -4.85. The Morgan fingerprint density at radius 1 is 1.15 bits per heavy atom. The Balaban J connectivity index is 2.26. The van der Waals surface area contributed by atoms with Gasteiger partial charge >= 0.3 is 11.8 Å². The number of hydrogen-bond acceptors (Lipinski definition) is 4. The van der Waals surface area contributed by atoms with E-state index in [0.29, 0.717) is 0 Å². The van der Waals surface area contributed by atoms with Gasteiger partial charge in [0, 0.05) is 5.69 Å². The van der Waals surface area contributed by atoms with E-state index in [2.05, 4.69) is 10.6 Å². The van der Waals surface area contributed by atoms with Crippen molar-refractivity contribution in [2.24, 2.45) is 0 Å². The average molecular weight is 409 g/mol. The Morgan fingerprint density at radius 2 is 1.85 bits per heavy atom. The summed E-state index contributed by atoms with van der Waals surface area (Å²) < 4.78 is 66.5. The lowest BCUT2D eigenvalue weighted by molar-refractivity contribution is 0.234. The Hall–Kier alpha value is -2.46. The van der Waals surface area contributed by atoms with Gasteiger partial charge in [0.1, 0.15) is 11.6 Å². The third-order valence-electron chi connectivity index (χ3n) is 3.16. The van der Waals surface area contributed by atoms with Crippen molar-refractivity contribution in [3.05, 3.63) is 47.2 Å². The van der Waals surface area contributed by atoms with Crippen LogP contribution in [0, 0.1) is 5.82 Å². The summed E-state index contributed by atoms with van der Waals surface area (Å²) in [5, 5.41) is 4.39. The van der Waals surface area contributed by atoms with Crippen LogP contribution in [-0.4, -0.2) is 27.3 Å². The molecular formula is C15H12ClF3N2O4S. The number of nitrogens with one attached hydrogen (secondary N) is 2. The van der Waals surface area contributed by atoms with Crippen LogP contribution in [0.5, 0.6) is 5.75 Å². The number of carbonyl (C=O) groups is 1. The summed E-state index contributed by atoms with van der Waals surface area (Å²) in [6, 6.07) is 5.49. The lowest BCUT2D eigenvalue weighted by Gasteiger charge is -2.13. The standard InChI is InChI=1S/C15H12ClF3N2O4S/c1-25-13-5-3-9(26(23,24)14(18)19)7-12(13)21-15(22)20-8-2-4-11(17)10(16)6-8/h2-7,14H,1H3,(H2,20,21,22). The van der Waals surface area contributed by atoms with Crippen molar-refractivity contribution in [1.82, 2.24) is 0 Å². The molecule has 2 aromatic carbocycles. The first-order valence-corrected chi connectivity index (χ1v) is 8.80. The number of anilines is 2. The molecule has 11 heteroatoms. The Morgan fingerprint density at radius 3 is 2.42 bits per heavy atom. The Bertz CT molecular complexity index is 938. The monoisotopic (exact) mass is 408 g/mol. The van der Waals surface area contributed by atoms with E-state index in [9.17, 15) is 26.4 Å². The number of rotatable bonds is 5. The van der Waals surface area contributed by atoms with Crippen LogP contribution in [0.15, 0.2) is 41.3 Å². The van der Waals surface area contributed by atoms with Gasteiger partial charge in [0.15, 0.2) is 0 Å². The van der Waals surface area contributed by atoms with Crippen LogP contribution in [0.25, 0.3) is 0 Å². The zero-order valence-electron chi connectivity index (χ0n) is 13.1. The zero-order valence-corrected chi connectivity index (χ0v) is 14.7. The van der Waals surface area contributed by atoms with Gasteiger partial charge in [0.25, 0.3) is 0 Å². The highest BCUT2D eigenvalue weighted by Crippen LogP contribution is 2.30. The number of methoxy groups -OCH3 is 1. The van der Waals surface area contributed by atoms with Crippen molar-refractivity contribution in [3.8, 4) is 5.75 Å². The van der Waals surface area contributed by atoms with Gasteiger partial charge in [-0.05, 0) is 36.4 Å². The van der Waals surface area contributed by atoms with Crippen LogP contribution in [0.4, 0.5) is 29.3 Å². The van der Waals surface area contributed by atoms with E-state index in [-0.39, 0.29) is 22.1 Å². The minimum Gasteiger partial charge on any atom is -0.495 e. The molecular weight excluding hydrogens is 397 g/mol. The molecule has 2 N–H and O–H groups in total. The van der Waals surface area contributed by atoms with Gasteiger partial charge in [0.2, 0.25) is 9.84 Å². The molecule has 0 aromatic heterocycles. The molecule has 0 radical (unpaired) electrons. The molecule has 2 rings (SSSR count). The zero-order chi connectivity index (χ0) is 19.5. The number of urea groups is 1. The summed E-state index contributed by atoms with van der Waals surface area (Å²) in [5.74, 6) is -4.24. The third kappa shape index (κ3) is 4.38. The van der Waals surface area contributed by atoms with Crippen LogP contribution in [-0.2, 0) is 9.84 Å². The van der Waals surface area contributed by atoms with Crippen LogP contribution in [0.1, 0.15) is 0 Å². The van der Waals surface area contributed by atoms with E-state index in [4.69, 9.17) is 16.3 Å². The van der Waals surface area contributed by atoms with E-state index in [1.807, 2.05) is 0 Å². The number of carbonyl (C=O) groups excluding carboxylic acids is 1. The fourth-order valence-corrected chi connectivity index (χ4v) is 2.85. The number of benzene rings is 2. The highest BCUT2D eigenvalue weighted by atomic mass is 35.5. The quantitative estimate of drug-likeness (QED) is 0.779. The van der Waals surface area contributed by atoms with Crippen LogP contribution >= 0.6 is 11.6 Å². The van der Waals surface area contributed by atoms with E-state index >= 15 is 0 Å². The summed E-state index contributed by atoms with van der Waals surface area (Å²) >= 11 is 5.60. The van der Waals surface area contributed by atoms with Crippen molar-refractivity contribution in [1.29, 1.82) is 0 Å². The van der Waals surface area contributed by atoms with Crippen LogP contribution in [0.3, 0.4) is 0 Å². The molecule has 0 spiro atoms. The Labute approximate surface area is 151 Å². The molecule has 0 atom stereocenters. The number of ether oxygens (including phenoxy) is 1. The first-order valence-electron chi connectivity index (χ1n) is 6.88. The van der Waals surface area contributed by atoms with Gasteiger partial charge in [-0.25, -0.2) is 17.6 Å². The van der Waals surface area contributed by atoms with Crippen LogP contribution < -0.4 is 15.4 Å². The summed E-state index contributed by atoms with van der Waals surface area (Å²) in [7, 11) is -3.60. The smallest absolute Gasteiger partial charge is 0.341 e. The maximum Gasteiger partial charge on any atom is 0.341 e. The lowest BCUT2D eigenvalue weighted by atomic mass is 10.3. The van der Waals surface area contributed by atoms with Crippen molar-refractivity contribution in [2.45, 2.75) is 10.7 Å². The molecule has 0 heterocycles. The number of halogens is 4. The molecule has 140 valence electrons. The normalized spacial score (nSPS) is 11.3. The minimum absolute atomic E-state index is 0.0468. The van der Waals surface area contributed by atoms with Gasteiger partial charge < -0.3 is 15.4 Å². The molecule has 0 aliphatic carbocycles. The first kappa shape index (κ1) is 19.9. The van der Waals surface area contributed by atoms with Crippen LogP contribution in [0.2, 0.25) is 5.02 Å². The average Bonchev–Trinajstić information content (AvgIpc) is 2.57. The van der Waals surface area contributed by atoms with E-state index in [1.54, 1.807) is 0 Å². The molecule has 2 aromatic rings. The van der Waals surface area contributed by atoms with Crippen molar-refractivity contribution in [2.75, 3.05) is 17.7 Å². The molecule has 2 amide bonds. The lowest BCUT2D eigenvalue weighted by Crippen LogP contribution is -2.20. The van der Waals surface area contributed by atoms with Gasteiger partial charge in [0.05, 0.1) is 22.7 Å². The fraction of sp³-hybridized carbons (Fsp3) is 0.133. The predicted molar refractivity (Wildman–Crippen MR) is 90.2 cm³/mol. The summed E-state index contributed by atoms with van der Waals surface area (Å²) in [4.78, 5) is 11.3. The second kappa shape index (κ2) is 7.83. The number of alkyl halides is 2. The second-order valence-corrected chi connectivity index (χ2v) is 7.20. The molecule has 26 heavy (non-hydrogen) atoms. The molecule has 6 nitrogen and oxygen atoms in total. The van der Waals surface area contributed by atoms with Crippen molar-refractivity contribution < 1.29 is 31.1 Å². The fourth-order valence-electron chi connectivity index (χ4n) is 1.92. The summed E-state index contributed by atoms with van der Waals surface area (Å²) in [6.45, 7) is 0. The number of amides is 2. The second-order valence-electron chi connectivity index (χ2n) is 4.88. The van der Waals surface area contributed by atoms with Gasteiger partial charge in [-0.2, -0.15) is 8.78 Å². The summed E-state index contributed by atoms with van der Waals surface area (Å²) in [6.07, 6.45) is 0. The van der Waals surface area contributed by atoms with E-state index < -0.39 is 32.3 Å². The maximum absolute atomic E-state index is 13.1. The largest absolute Gasteiger partial charge is 0.495 e. The number of hydrogen-bond donors (Lipinski definition) is 2. The molecule has 0 aliphatic rings. The van der Waals surface area contributed by atoms with Gasteiger partial charge in [-0.1, -0.05) is 11.6 Å². The molecule has 0 saturated heterocycles. The molecule has 0 aliphatic heterocycles. The summed E-state index contributed by atoms with van der Waals surface area (Å²) in [5.41, 5.74) is 0.00385. The van der Waals surface area contributed by atoms with E-state index in [1.165, 1.54) is 13.2 Å². The Kier molecular flexibility index (Phi) is 5.98. The highest BCUT2D eigenvalue weighted by molar-refractivity contribution is 7.91. The highest BCUT2D eigenvalue weighted by Gasteiger charge is 2.27. The van der Waals surface area contributed by atoms with Gasteiger partial charge in [-0.3, -0.25) is 0 Å². The van der Waals surface area contributed by atoms with E-state index in [0.717, 1.165) is 30.3 Å². The predicted octanol–water partition coefficient (Wildman–Crippen LogP) is 4.13. The molecule has 0 unspecified atom stereocenters. The van der Waals surface area contributed by atoms with Crippen molar-refractivity contribution >= 4 is 38.8 Å². The molecule has 0 fully saturated rings.